The number of amides is 1. The number of nitrogens with zero attached hydrogens (tertiary/aromatic N) is 1. The fourth-order valence-electron chi connectivity index (χ4n) is 5.73. The van der Waals surface area contributed by atoms with Crippen LogP contribution in [0.1, 0.15) is 49.8 Å². The number of rotatable bonds is 10. The van der Waals surface area contributed by atoms with Crippen LogP contribution in [0, 0.1) is 11.7 Å². The number of morpholine rings is 1. The third-order valence-electron chi connectivity index (χ3n) is 8.42. The highest BCUT2D eigenvalue weighted by Crippen LogP contribution is 2.28. The molecule has 9 heteroatoms. The zero-order chi connectivity index (χ0) is 29.5. The number of halogens is 1. The summed E-state index contributed by atoms with van der Waals surface area (Å²) in [4.78, 5) is 15.5. The van der Waals surface area contributed by atoms with Crippen molar-refractivity contribution in [3.8, 4) is 11.1 Å². The van der Waals surface area contributed by atoms with E-state index in [1.54, 1.807) is 24.3 Å². The first-order valence-electron chi connectivity index (χ1n) is 14.8. The Morgan fingerprint density at radius 2 is 1.50 bits per heavy atom. The van der Waals surface area contributed by atoms with Gasteiger partial charge in [-0.15, -0.1) is 0 Å². The van der Waals surface area contributed by atoms with E-state index in [-0.39, 0.29) is 34.6 Å². The summed E-state index contributed by atoms with van der Waals surface area (Å²) in [5, 5.41) is 3.01. The molecule has 1 amide bonds. The molecule has 42 heavy (non-hydrogen) atoms. The number of benzene rings is 3. The fourth-order valence-corrected chi connectivity index (χ4v) is 7.03. The molecular formula is C33H40FN3O4S. The van der Waals surface area contributed by atoms with Crippen molar-refractivity contribution in [3.63, 3.8) is 0 Å². The maximum atomic E-state index is 13.2. The average Bonchev–Trinajstić information content (AvgIpc) is 3.01. The summed E-state index contributed by atoms with van der Waals surface area (Å²) >= 11 is 0. The quantitative estimate of drug-likeness (QED) is 0.342. The van der Waals surface area contributed by atoms with E-state index in [1.165, 1.54) is 17.7 Å². The summed E-state index contributed by atoms with van der Waals surface area (Å²) < 4.78 is 47.7. The number of hydrogen-bond acceptors (Lipinski definition) is 5. The fraction of sp³-hybridized carbons (Fsp3) is 0.424. The van der Waals surface area contributed by atoms with Crippen molar-refractivity contribution in [1.29, 1.82) is 0 Å². The van der Waals surface area contributed by atoms with E-state index in [1.807, 2.05) is 19.1 Å². The molecule has 0 unspecified atom stereocenters. The highest BCUT2D eigenvalue weighted by atomic mass is 32.2. The molecule has 0 radical (unpaired) electrons. The maximum absolute atomic E-state index is 13.2. The number of ether oxygens (including phenoxy) is 1. The average molecular weight is 594 g/mol. The number of carbonyl (C=O) groups is 1. The van der Waals surface area contributed by atoms with Gasteiger partial charge in [0, 0.05) is 31.6 Å². The molecule has 1 aliphatic heterocycles. The molecule has 1 saturated heterocycles. The maximum Gasteiger partial charge on any atom is 0.240 e. The monoisotopic (exact) mass is 593 g/mol. The van der Waals surface area contributed by atoms with E-state index in [2.05, 4.69) is 39.2 Å². The Labute approximate surface area is 248 Å². The van der Waals surface area contributed by atoms with Crippen LogP contribution in [0.4, 0.5) is 4.39 Å². The van der Waals surface area contributed by atoms with Crippen molar-refractivity contribution in [3.05, 3.63) is 89.7 Å². The van der Waals surface area contributed by atoms with Crippen LogP contribution >= 0.6 is 0 Å². The van der Waals surface area contributed by atoms with Crippen LogP contribution in [-0.4, -0.2) is 58.1 Å². The molecule has 1 saturated carbocycles. The predicted octanol–water partition coefficient (Wildman–Crippen LogP) is 5.08. The first kappa shape index (κ1) is 30.4. The summed E-state index contributed by atoms with van der Waals surface area (Å²) in [6, 6.07) is 21.1. The lowest BCUT2D eigenvalue weighted by atomic mass is 9.85. The van der Waals surface area contributed by atoms with Crippen LogP contribution in [0.25, 0.3) is 11.1 Å². The normalized spacial score (nSPS) is 20.6. The molecule has 0 spiro atoms. The van der Waals surface area contributed by atoms with Crippen LogP contribution in [-0.2, 0) is 26.0 Å². The Balaban J connectivity index is 1.09. The summed E-state index contributed by atoms with van der Waals surface area (Å²) in [7, 11) is -3.67. The zero-order valence-corrected chi connectivity index (χ0v) is 24.9. The number of sulfonamides is 1. The van der Waals surface area contributed by atoms with E-state index >= 15 is 0 Å². The molecule has 3 aromatic rings. The molecule has 2 aliphatic rings. The molecule has 2 fully saturated rings. The van der Waals surface area contributed by atoms with Gasteiger partial charge in [0.15, 0.2) is 0 Å². The molecule has 1 atom stereocenters. The minimum absolute atomic E-state index is 0.0474. The van der Waals surface area contributed by atoms with Crippen LogP contribution in [0.3, 0.4) is 0 Å². The van der Waals surface area contributed by atoms with E-state index in [0.29, 0.717) is 25.7 Å². The van der Waals surface area contributed by atoms with E-state index in [0.717, 1.165) is 56.0 Å². The third-order valence-corrected chi connectivity index (χ3v) is 9.96. The van der Waals surface area contributed by atoms with Crippen LogP contribution < -0.4 is 10.0 Å². The van der Waals surface area contributed by atoms with Crippen molar-refractivity contribution in [2.24, 2.45) is 5.92 Å². The topological polar surface area (TPSA) is 87.7 Å². The van der Waals surface area contributed by atoms with E-state index in [9.17, 15) is 17.6 Å². The molecule has 2 N–H and O–H groups in total. The van der Waals surface area contributed by atoms with Gasteiger partial charge in [-0.3, -0.25) is 9.69 Å². The van der Waals surface area contributed by atoms with Gasteiger partial charge >= 0.3 is 0 Å². The van der Waals surface area contributed by atoms with E-state index < -0.39 is 10.0 Å². The molecule has 224 valence electrons. The van der Waals surface area contributed by atoms with Gasteiger partial charge in [-0.05, 0) is 85.5 Å². The van der Waals surface area contributed by atoms with Crippen molar-refractivity contribution in [2.45, 2.75) is 56.0 Å². The molecule has 5 rings (SSSR count). The largest absolute Gasteiger partial charge is 0.379 e. The highest BCUT2D eigenvalue weighted by Gasteiger charge is 2.30. The molecule has 1 heterocycles. The predicted molar refractivity (Wildman–Crippen MR) is 162 cm³/mol. The second-order valence-corrected chi connectivity index (χ2v) is 13.1. The van der Waals surface area contributed by atoms with Gasteiger partial charge in [0.2, 0.25) is 15.9 Å². The second kappa shape index (κ2) is 13.9. The Morgan fingerprint density at radius 3 is 2.12 bits per heavy atom. The third kappa shape index (κ3) is 8.04. The first-order chi connectivity index (χ1) is 20.3. The van der Waals surface area contributed by atoms with Crippen molar-refractivity contribution in [1.82, 2.24) is 14.9 Å². The Morgan fingerprint density at radius 1 is 0.905 bits per heavy atom. The standard InChI is InChI=1S/C33H40FN3O4S/c1-24(26-6-12-30(34)13-7-26)35-33(38)29-8-14-31(15-9-29)36-42(39,40)32-16-10-28(11-17-32)27-4-2-25(3-5-27)18-19-37-20-22-41-23-21-37/h2-7,10-13,16-17,24,29,31,36H,8-9,14-15,18-23H2,1H3,(H,35,38)/t24-,29-,31-/m1/s1. The second-order valence-electron chi connectivity index (χ2n) is 11.4. The Hall–Kier alpha value is -3.11. The molecule has 7 nitrogen and oxygen atoms in total. The molecule has 3 aromatic carbocycles. The minimum atomic E-state index is -3.67. The number of hydrogen-bond donors (Lipinski definition) is 2. The minimum Gasteiger partial charge on any atom is -0.379 e. The van der Waals surface area contributed by atoms with Gasteiger partial charge in [0.1, 0.15) is 5.82 Å². The lowest BCUT2D eigenvalue weighted by Gasteiger charge is -2.29. The van der Waals surface area contributed by atoms with E-state index in [4.69, 9.17) is 4.74 Å². The highest BCUT2D eigenvalue weighted by molar-refractivity contribution is 7.89. The van der Waals surface area contributed by atoms with Crippen molar-refractivity contribution < 1.29 is 22.3 Å². The zero-order valence-electron chi connectivity index (χ0n) is 24.1. The summed E-state index contributed by atoms with van der Waals surface area (Å²) in [5.41, 5.74) is 4.14. The lowest BCUT2D eigenvalue weighted by molar-refractivity contribution is -0.126. The van der Waals surface area contributed by atoms with Gasteiger partial charge in [-0.1, -0.05) is 48.5 Å². The lowest BCUT2D eigenvalue weighted by Crippen LogP contribution is -2.41. The SMILES string of the molecule is C[C@@H](NC(=O)[C@H]1CC[C@H](NS(=O)(=O)c2ccc(-c3ccc(CCN4CCOCC4)cc3)cc2)CC1)c1ccc(F)cc1. The van der Waals surface area contributed by atoms with Crippen LogP contribution in [0.2, 0.25) is 0 Å². The van der Waals surface area contributed by atoms with Crippen LogP contribution in [0.5, 0.6) is 0 Å². The Bertz CT molecular complexity index is 1420. The van der Waals surface area contributed by atoms with Crippen LogP contribution in [0.15, 0.2) is 77.7 Å². The van der Waals surface area contributed by atoms with Gasteiger partial charge < -0.3 is 10.1 Å². The number of carbonyl (C=O) groups excluding carboxylic acids is 1. The molecule has 0 bridgehead atoms. The van der Waals surface area contributed by atoms with Gasteiger partial charge in [0.05, 0.1) is 24.2 Å². The van der Waals surface area contributed by atoms with Gasteiger partial charge in [-0.2, -0.15) is 0 Å². The Kier molecular flexibility index (Phi) is 10.1. The summed E-state index contributed by atoms with van der Waals surface area (Å²) in [5.74, 6) is -0.526. The molecule has 0 aromatic heterocycles. The molecular weight excluding hydrogens is 553 g/mol. The van der Waals surface area contributed by atoms with Gasteiger partial charge in [0.25, 0.3) is 0 Å². The summed E-state index contributed by atoms with van der Waals surface area (Å²) in [6.45, 7) is 6.48. The molecule has 1 aliphatic carbocycles. The van der Waals surface area contributed by atoms with Gasteiger partial charge in [-0.25, -0.2) is 17.5 Å². The number of nitrogens with one attached hydrogen (secondary N) is 2. The summed E-state index contributed by atoms with van der Waals surface area (Å²) in [6.07, 6.45) is 3.40. The smallest absolute Gasteiger partial charge is 0.240 e. The van der Waals surface area contributed by atoms with Crippen molar-refractivity contribution in [2.75, 3.05) is 32.8 Å². The van der Waals surface area contributed by atoms with Crippen molar-refractivity contribution >= 4 is 15.9 Å². The first-order valence-corrected chi connectivity index (χ1v) is 16.3.